The largest absolute Gasteiger partial charge is 0.495 e. The lowest BCUT2D eigenvalue weighted by atomic mass is 10.0. The Hall–Kier alpha value is -3.02. The lowest BCUT2D eigenvalue weighted by molar-refractivity contribution is -0.118. The summed E-state index contributed by atoms with van der Waals surface area (Å²) in [5.74, 6) is 0.180. The van der Waals surface area contributed by atoms with Crippen LogP contribution in [0.2, 0.25) is 0 Å². The fourth-order valence-electron chi connectivity index (χ4n) is 2.49. The van der Waals surface area contributed by atoms with E-state index in [4.69, 9.17) is 4.74 Å². The van der Waals surface area contributed by atoms with Crippen molar-refractivity contribution in [2.75, 3.05) is 17.7 Å². The second-order valence-electron chi connectivity index (χ2n) is 6.38. The molecule has 0 spiro atoms. The molecule has 6 heteroatoms. The van der Waals surface area contributed by atoms with Crippen LogP contribution in [-0.2, 0) is 4.79 Å². The van der Waals surface area contributed by atoms with E-state index in [0.29, 0.717) is 17.1 Å². The maximum absolute atomic E-state index is 12.7. The SMILES string of the molecule is COc1ccc(C)cc1NC(=O)C(NC(=O)Nc1ccccc1)C(C)C. The molecular formula is C20H25N3O3. The lowest BCUT2D eigenvalue weighted by Crippen LogP contribution is -2.48. The van der Waals surface area contributed by atoms with Crippen LogP contribution in [0, 0.1) is 12.8 Å². The van der Waals surface area contributed by atoms with Gasteiger partial charge in [-0.2, -0.15) is 0 Å². The third-order valence-corrected chi connectivity index (χ3v) is 3.88. The van der Waals surface area contributed by atoms with Crippen molar-refractivity contribution in [3.8, 4) is 5.75 Å². The number of nitrogens with one attached hydrogen (secondary N) is 3. The summed E-state index contributed by atoms with van der Waals surface area (Å²) in [6, 6.07) is 13.5. The van der Waals surface area contributed by atoms with Gasteiger partial charge >= 0.3 is 6.03 Å². The second kappa shape index (κ2) is 8.89. The van der Waals surface area contributed by atoms with Crippen LogP contribution < -0.4 is 20.7 Å². The molecule has 3 N–H and O–H groups in total. The van der Waals surface area contributed by atoms with E-state index in [1.54, 1.807) is 25.3 Å². The molecule has 2 aromatic carbocycles. The molecule has 1 unspecified atom stereocenters. The first-order chi connectivity index (χ1) is 12.4. The maximum Gasteiger partial charge on any atom is 0.319 e. The second-order valence-corrected chi connectivity index (χ2v) is 6.38. The van der Waals surface area contributed by atoms with Gasteiger partial charge in [0.15, 0.2) is 0 Å². The number of hydrogen-bond donors (Lipinski definition) is 3. The number of amides is 3. The smallest absolute Gasteiger partial charge is 0.319 e. The number of carbonyl (C=O) groups is 2. The van der Waals surface area contributed by atoms with Gasteiger partial charge in [-0.3, -0.25) is 4.79 Å². The first kappa shape index (κ1) is 19.3. The molecule has 138 valence electrons. The molecule has 0 radical (unpaired) electrons. The number of ether oxygens (including phenoxy) is 1. The van der Waals surface area contributed by atoms with Gasteiger partial charge in [-0.25, -0.2) is 4.79 Å². The molecule has 0 aliphatic rings. The average Bonchev–Trinajstić information content (AvgIpc) is 2.60. The molecule has 2 aromatic rings. The lowest BCUT2D eigenvalue weighted by Gasteiger charge is -2.22. The minimum Gasteiger partial charge on any atom is -0.495 e. The Morgan fingerprint density at radius 3 is 2.31 bits per heavy atom. The molecule has 0 bridgehead atoms. The topological polar surface area (TPSA) is 79.5 Å². The number of urea groups is 1. The van der Waals surface area contributed by atoms with E-state index >= 15 is 0 Å². The number of rotatable bonds is 6. The molecule has 0 saturated carbocycles. The van der Waals surface area contributed by atoms with Crippen molar-refractivity contribution in [1.82, 2.24) is 5.32 Å². The summed E-state index contributed by atoms with van der Waals surface area (Å²) in [4.78, 5) is 24.9. The fourth-order valence-corrected chi connectivity index (χ4v) is 2.49. The van der Waals surface area contributed by atoms with Crippen molar-refractivity contribution >= 4 is 23.3 Å². The number of aryl methyl sites for hydroxylation is 1. The van der Waals surface area contributed by atoms with Gasteiger partial charge in [-0.15, -0.1) is 0 Å². The Labute approximate surface area is 153 Å². The molecule has 6 nitrogen and oxygen atoms in total. The predicted octanol–water partition coefficient (Wildman–Crippen LogP) is 3.79. The molecule has 0 fully saturated rings. The number of carbonyl (C=O) groups excluding carboxylic acids is 2. The Morgan fingerprint density at radius 1 is 1.00 bits per heavy atom. The van der Waals surface area contributed by atoms with Crippen LogP contribution in [0.15, 0.2) is 48.5 Å². The summed E-state index contributed by atoms with van der Waals surface area (Å²) >= 11 is 0. The molecule has 0 heterocycles. The van der Waals surface area contributed by atoms with Crippen LogP contribution in [0.3, 0.4) is 0 Å². The van der Waals surface area contributed by atoms with E-state index in [0.717, 1.165) is 5.56 Å². The number of methoxy groups -OCH3 is 1. The fraction of sp³-hybridized carbons (Fsp3) is 0.300. The summed E-state index contributed by atoms with van der Waals surface area (Å²) in [5, 5.41) is 8.30. The Morgan fingerprint density at radius 2 is 1.69 bits per heavy atom. The van der Waals surface area contributed by atoms with E-state index in [-0.39, 0.29) is 11.8 Å². The van der Waals surface area contributed by atoms with Gasteiger partial charge in [0.2, 0.25) is 5.91 Å². The molecular weight excluding hydrogens is 330 g/mol. The third kappa shape index (κ3) is 5.24. The summed E-state index contributed by atoms with van der Waals surface area (Å²) in [7, 11) is 1.55. The highest BCUT2D eigenvalue weighted by Gasteiger charge is 2.25. The van der Waals surface area contributed by atoms with Gasteiger partial charge in [0.05, 0.1) is 12.8 Å². The van der Waals surface area contributed by atoms with Gasteiger partial charge in [-0.05, 0) is 42.7 Å². The van der Waals surface area contributed by atoms with Crippen LogP contribution in [0.25, 0.3) is 0 Å². The highest BCUT2D eigenvalue weighted by Crippen LogP contribution is 2.25. The van der Waals surface area contributed by atoms with E-state index < -0.39 is 12.1 Å². The summed E-state index contributed by atoms with van der Waals surface area (Å²) in [5.41, 5.74) is 2.23. The van der Waals surface area contributed by atoms with E-state index in [2.05, 4.69) is 16.0 Å². The highest BCUT2D eigenvalue weighted by molar-refractivity contribution is 6.00. The Bertz CT molecular complexity index is 760. The predicted molar refractivity (Wildman–Crippen MR) is 104 cm³/mol. The first-order valence-corrected chi connectivity index (χ1v) is 8.48. The van der Waals surface area contributed by atoms with Crippen molar-refractivity contribution in [2.45, 2.75) is 26.8 Å². The van der Waals surface area contributed by atoms with Crippen LogP contribution in [0.4, 0.5) is 16.2 Å². The molecule has 3 amide bonds. The summed E-state index contributed by atoms with van der Waals surface area (Å²) in [6.07, 6.45) is 0. The number of benzene rings is 2. The average molecular weight is 355 g/mol. The Balaban J connectivity index is 2.08. The van der Waals surface area contributed by atoms with Crippen LogP contribution >= 0.6 is 0 Å². The molecule has 0 aliphatic carbocycles. The van der Waals surface area contributed by atoms with Gasteiger partial charge in [0.25, 0.3) is 0 Å². The monoisotopic (exact) mass is 355 g/mol. The molecule has 26 heavy (non-hydrogen) atoms. The standard InChI is InChI=1S/C20H25N3O3/c1-13(2)18(23-20(25)21-15-8-6-5-7-9-15)19(24)22-16-12-14(3)10-11-17(16)26-4/h5-13,18H,1-4H3,(H,22,24)(H2,21,23,25). The zero-order valence-electron chi connectivity index (χ0n) is 15.5. The molecule has 2 rings (SSSR count). The first-order valence-electron chi connectivity index (χ1n) is 8.48. The number of hydrogen-bond acceptors (Lipinski definition) is 3. The molecule has 0 aliphatic heterocycles. The third-order valence-electron chi connectivity index (χ3n) is 3.88. The molecule has 0 aromatic heterocycles. The zero-order chi connectivity index (χ0) is 19.1. The van der Waals surface area contributed by atoms with Gasteiger partial charge < -0.3 is 20.7 Å². The van der Waals surface area contributed by atoms with Gasteiger partial charge in [-0.1, -0.05) is 38.1 Å². The quantitative estimate of drug-likeness (QED) is 0.737. The minimum atomic E-state index is -0.691. The summed E-state index contributed by atoms with van der Waals surface area (Å²) in [6.45, 7) is 5.68. The molecule has 0 saturated heterocycles. The van der Waals surface area contributed by atoms with Crippen LogP contribution in [0.5, 0.6) is 5.75 Å². The van der Waals surface area contributed by atoms with E-state index in [1.165, 1.54) is 0 Å². The molecule has 1 atom stereocenters. The Kier molecular flexibility index (Phi) is 6.60. The van der Waals surface area contributed by atoms with Crippen molar-refractivity contribution in [3.05, 3.63) is 54.1 Å². The van der Waals surface area contributed by atoms with Crippen LogP contribution in [0.1, 0.15) is 19.4 Å². The number of anilines is 2. The van der Waals surface area contributed by atoms with Gasteiger partial charge in [0.1, 0.15) is 11.8 Å². The maximum atomic E-state index is 12.7. The van der Waals surface area contributed by atoms with Crippen molar-refractivity contribution in [2.24, 2.45) is 5.92 Å². The van der Waals surface area contributed by atoms with Crippen molar-refractivity contribution in [3.63, 3.8) is 0 Å². The number of para-hydroxylation sites is 1. The minimum absolute atomic E-state index is 0.0904. The highest BCUT2D eigenvalue weighted by atomic mass is 16.5. The van der Waals surface area contributed by atoms with Crippen molar-refractivity contribution < 1.29 is 14.3 Å². The van der Waals surface area contributed by atoms with Crippen LogP contribution in [-0.4, -0.2) is 25.1 Å². The van der Waals surface area contributed by atoms with Gasteiger partial charge in [0, 0.05) is 5.69 Å². The van der Waals surface area contributed by atoms with E-state index in [9.17, 15) is 9.59 Å². The summed E-state index contributed by atoms with van der Waals surface area (Å²) < 4.78 is 5.29. The zero-order valence-corrected chi connectivity index (χ0v) is 15.5. The van der Waals surface area contributed by atoms with Crippen molar-refractivity contribution in [1.29, 1.82) is 0 Å². The normalized spacial score (nSPS) is 11.6. The van der Waals surface area contributed by atoms with E-state index in [1.807, 2.05) is 51.1 Å².